The molecule has 0 atom stereocenters. The standard InChI is InChI=1S/C39H26N4/c1-4-14-27(15-5-1)31-25-24-30(26-36(31)43-34-22-12-10-20-32(34)33-21-11-13-23-35(33)43)39-41-37(28-16-6-2-7-17-28)40-38(42-39)29-18-8-3-9-19-29/h1-26H/i24D,25D,26D. The van der Waals surface area contributed by atoms with Crippen LogP contribution in [0.15, 0.2) is 158 Å². The first-order valence-electron chi connectivity index (χ1n) is 15.6. The van der Waals surface area contributed by atoms with Gasteiger partial charge in [-0.3, -0.25) is 0 Å². The second-order valence-electron chi connectivity index (χ2n) is 10.2. The molecule has 8 aromatic rings. The van der Waals surface area contributed by atoms with E-state index in [0.29, 0.717) is 22.9 Å². The molecule has 43 heavy (non-hydrogen) atoms. The van der Waals surface area contributed by atoms with Crippen molar-refractivity contribution in [3.63, 3.8) is 0 Å². The fourth-order valence-electron chi connectivity index (χ4n) is 5.57. The van der Waals surface area contributed by atoms with Gasteiger partial charge in [0.2, 0.25) is 0 Å². The minimum atomic E-state index is -0.113. The molecule has 0 fully saturated rings. The Morgan fingerprint density at radius 1 is 0.419 bits per heavy atom. The number of fused-ring (bicyclic) bond motifs is 3. The maximum Gasteiger partial charge on any atom is 0.164 e. The summed E-state index contributed by atoms with van der Waals surface area (Å²) in [6.07, 6.45) is 0. The lowest BCUT2D eigenvalue weighted by atomic mass is 10.0. The van der Waals surface area contributed by atoms with Crippen molar-refractivity contribution in [1.29, 1.82) is 0 Å². The molecule has 4 heteroatoms. The van der Waals surface area contributed by atoms with E-state index in [-0.39, 0.29) is 29.5 Å². The molecule has 0 saturated carbocycles. The first-order valence-corrected chi connectivity index (χ1v) is 14.1. The molecule has 8 rings (SSSR count). The molecule has 2 aromatic heterocycles. The summed E-state index contributed by atoms with van der Waals surface area (Å²) in [7, 11) is 0. The van der Waals surface area contributed by atoms with E-state index in [1.807, 2.05) is 132 Å². The average Bonchev–Trinajstić information content (AvgIpc) is 3.45. The topological polar surface area (TPSA) is 43.6 Å². The van der Waals surface area contributed by atoms with Crippen molar-refractivity contribution in [2.45, 2.75) is 0 Å². The average molecular weight is 554 g/mol. The third kappa shape index (κ3) is 4.46. The lowest BCUT2D eigenvalue weighted by Crippen LogP contribution is -2.02. The van der Waals surface area contributed by atoms with E-state index in [1.54, 1.807) is 0 Å². The molecule has 0 amide bonds. The summed E-state index contributed by atoms with van der Waals surface area (Å²) >= 11 is 0. The lowest BCUT2D eigenvalue weighted by molar-refractivity contribution is 1.07. The Labute approximate surface area is 253 Å². The largest absolute Gasteiger partial charge is 0.309 e. The normalized spacial score (nSPS) is 12.2. The van der Waals surface area contributed by atoms with Crippen LogP contribution in [0.4, 0.5) is 0 Å². The quantitative estimate of drug-likeness (QED) is 0.213. The number of para-hydroxylation sites is 2. The zero-order valence-corrected chi connectivity index (χ0v) is 23.1. The molecule has 0 aliphatic heterocycles. The van der Waals surface area contributed by atoms with E-state index in [1.165, 1.54) is 0 Å². The minimum Gasteiger partial charge on any atom is -0.309 e. The number of hydrogen-bond acceptors (Lipinski definition) is 3. The monoisotopic (exact) mass is 553 g/mol. The van der Waals surface area contributed by atoms with Crippen molar-refractivity contribution in [1.82, 2.24) is 19.5 Å². The molecular weight excluding hydrogens is 524 g/mol. The molecule has 0 spiro atoms. The van der Waals surface area contributed by atoms with Gasteiger partial charge >= 0.3 is 0 Å². The van der Waals surface area contributed by atoms with Crippen molar-refractivity contribution in [2.24, 2.45) is 0 Å². The Morgan fingerprint density at radius 2 is 0.837 bits per heavy atom. The van der Waals surface area contributed by atoms with Crippen LogP contribution < -0.4 is 0 Å². The highest BCUT2D eigenvalue weighted by Crippen LogP contribution is 2.38. The van der Waals surface area contributed by atoms with Gasteiger partial charge in [0.1, 0.15) is 0 Å². The highest BCUT2D eigenvalue weighted by molar-refractivity contribution is 6.09. The molecular formula is C39H26N4. The van der Waals surface area contributed by atoms with Crippen molar-refractivity contribution in [3.05, 3.63) is 158 Å². The van der Waals surface area contributed by atoms with E-state index in [4.69, 9.17) is 15.0 Å². The Kier molecular flexibility index (Phi) is 5.33. The van der Waals surface area contributed by atoms with Gasteiger partial charge in [0, 0.05) is 33.0 Å². The first kappa shape index (κ1) is 21.8. The predicted octanol–water partition coefficient (Wildman–Crippen LogP) is 9.64. The van der Waals surface area contributed by atoms with Gasteiger partial charge in [0.05, 0.1) is 20.8 Å². The number of benzene rings is 6. The van der Waals surface area contributed by atoms with E-state index >= 15 is 0 Å². The Morgan fingerprint density at radius 3 is 1.35 bits per heavy atom. The van der Waals surface area contributed by atoms with E-state index in [9.17, 15) is 4.11 Å². The zero-order valence-electron chi connectivity index (χ0n) is 26.1. The summed E-state index contributed by atoms with van der Waals surface area (Å²) in [5.41, 5.74) is 5.33. The van der Waals surface area contributed by atoms with Crippen LogP contribution in [0, 0.1) is 0 Å². The zero-order chi connectivity index (χ0) is 31.2. The summed E-state index contributed by atoms with van der Waals surface area (Å²) in [5, 5.41) is 2.08. The summed E-state index contributed by atoms with van der Waals surface area (Å²) < 4.78 is 30.7. The van der Waals surface area contributed by atoms with E-state index < -0.39 is 0 Å². The van der Waals surface area contributed by atoms with Gasteiger partial charge in [-0.25, -0.2) is 15.0 Å². The van der Waals surface area contributed by atoms with Gasteiger partial charge in [-0.1, -0.05) is 139 Å². The summed E-state index contributed by atoms with van der Waals surface area (Å²) in [5.74, 6) is 1.04. The molecule has 0 radical (unpaired) electrons. The van der Waals surface area contributed by atoms with Crippen LogP contribution >= 0.6 is 0 Å². The Hall–Kier alpha value is -5.87. The van der Waals surface area contributed by atoms with Gasteiger partial charge in [-0.15, -0.1) is 0 Å². The van der Waals surface area contributed by atoms with Crippen molar-refractivity contribution >= 4 is 21.8 Å². The van der Waals surface area contributed by atoms with Crippen molar-refractivity contribution < 1.29 is 4.11 Å². The third-order valence-corrected chi connectivity index (χ3v) is 7.58. The first-order chi connectivity index (χ1) is 22.6. The predicted molar refractivity (Wildman–Crippen MR) is 176 cm³/mol. The van der Waals surface area contributed by atoms with E-state index in [2.05, 4.69) is 12.1 Å². The van der Waals surface area contributed by atoms with Crippen molar-refractivity contribution in [3.8, 4) is 51.0 Å². The second-order valence-corrected chi connectivity index (χ2v) is 10.2. The second kappa shape index (κ2) is 10.5. The maximum atomic E-state index is 9.86. The molecule has 202 valence electrons. The molecule has 0 aliphatic rings. The van der Waals surface area contributed by atoms with Crippen LogP contribution in [0.25, 0.3) is 72.8 Å². The van der Waals surface area contributed by atoms with Gasteiger partial charge in [-0.2, -0.15) is 0 Å². The summed E-state index contributed by atoms with van der Waals surface area (Å²) in [4.78, 5) is 14.5. The van der Waals surface area contributed by atoms with Crippen LogP contribution in [-0.2, 0) is 0 Å². The number of nitrogens with zero attached hydrogens (tertiary/aromatic N) is 4. The number of aromatic nitrogens is 4. The van der Waals surface area contributed by atoms with Crippen LogP contribution in [0.3, 0.4) is 0 Å². The van der Waals surface area contributed by atoms with Crippen LogP contribution in [0.2, 0.25) is 0 Å². The molecule has 0 saturated heterocycles. The highest BCUT2D eigenvalue weighted by Gasteiger charge is 2.18. The molecule has 0 bridgehead atoms. The SMILES string of the molecule is [2H]c1c([2H])c(-c2ccccc2)c(-n2c3ccccc3c3ccccc32)c([2H])c1-c1nc(-c2ccccc2)nc(-c2ccccc2)n1. The van der Waals surface area contributed by atoms with Gasteiger partial charge < -0.3 is 4.57 Å². The van der Waals surface area contributed by atoms with Crippen LogP contribution in [-0.4, -0.2) is 19.5 Å². The van der Waals surface area contributed by atoms with Crippen molar-refractivity contribution in [2.75, 3.05) is 0 Å². The maximum absolute atomic E-state index is 9.86. The molecule has 0 aliphatic carbocycles. The fourth-order valence-corrected chi connectivity index (χ4v) is 5.57. The minimum absolute atomic E-state index is 0.00278. The Balaban J connectivity index is 1.51. The van der Waals surface area contributed by atoms with Gasteiger partial charge in [0.25, 0.3) is 0 Å². The molecule has 2 heterocycles. The third-order valence-electron chi connectivity index (χ3n) is 7.58. The lowest BCUT2D eigenvalue weighted by Gasteiger charge is -2.16. The van der Waals surface area contributed by atoms with Gasteiger partial charge in [-0.05, 0) is 23.7 Å². The molecule has 0 unspecified atom stereocenters. The van der Waals surface area contributed by atoms with Crippen LogP contribution in [0.1, 0.15) is 4.11 Å². The molecule has 0 N–H and O–H groups in total. The number of hydrogen-bond donors (Lipinski definition) is 0. The highest BCUT2D eigenvalue weighted by atomic mass is 15.0. The molecule has 6 aromatic carbocycles. The Bertz CT molecular complexity index is 2280. The fraction of sp³-hybridized carbons (Fsp3) is 0. The van der Waals surface area contributed by atoms with E-state index in [0.717, 1.165) is 38.5 Å². The number of rotatable bonds is 5. The van der Waals surface area contributed by atoms with Gasteiger partial charge in [0.15, 0.2) is 17.5 Å². The summed E-state index contributed by atoms with van der Waals surface area (Å²) in [6, 6.07) is 45.0. The summed E-state index contributed by atoms with van der Waals surface area (Å²) in [6.45, 7) is 0. The molecule has 4 nitrogen and oxygen atoms in total. The smallest absolute Gasteiger partial charge is 0.164 e. The van der Waals surface area contributed by atoms with Crippen LogP contribution in [0.5, 0.6) is 0 Å².